The van der Waals surface area contributed by atoms with Gasteiger partial charge in [-0.25, -0.2) is 15.0 Å². The smallest absolute Gasteiger partial charge is 0.112 e. The summed E-state index contributed by atoms with van der Waals surface area (Å²) in [5, 5.41) is 0. The zero-order chi connectivity index (χ0) is 22.4. The summed E-state index contributed by atoms with van der Waals surface area (Å²) in [6, 6.07) is 35.2. The lowest BCUT2D eigenvalue weighted by atomic mass is 9.85. The van der Waals surface area contributed by atoms with Gasteiger partial charge in [0.2, 0.25) is 0 Å². The van der Waals surface area contributed by atoms with Gasteiger partial charge in [0.05, 0.1) is 28.5 Å². The Balaban J connectivity index is 1.62. The molecule has 158 valence electrons. The molecule has 3 heteroatoms. The second-order valence-electron chi connectivity index (χ2n) is 8.93. The van der Waals surface area contributed by atoms with Crippen molar-refractivity contribution in [2.45, 2.75) is 19.3 Å². The van der Waals surface area contributed by atoms with Crippen molar-refractivity contribution in [3.8, 4) is 45.2 Å². The van der Waals surface area contributed by atoms with Crippen LogP contribution in [-0.4, -0.2) is 15.0 Å². The summed E-state index contributed by atoms with van der Waals surface area (Å²) >= 11 is 0. The van der Waals surface area contributed by atoms with Crippen molar-refractivity contribution in [1.82, 2.24) is 15.0 Å². The first-order valence-electron chi connectivity index (χ1n) is 11.2. The lowest BCUT2D eigenvalue weighted by Crippen LogP contribution is -2.17. The third kappa shape index (κ3) is 3.16. The Hall–Kier alpha value is -4.11. The minimum Gasteiger partial charge on any atom is -0.247 e. The lowest BCUT2D eigenvalue weighted by molar-refractivity contribution is 0.635. The largest absolute Gasteiger partial charge is 0.247 e. The molecule has 6 rings (SSSR count). The van der Waals surface area contributed by atoms with Gasteiger partial charge in [-0.3, -0.25) is 0 Å². The molecule has 0 spiro atoms. The Morgan fingerprint density at radius 3 is 1.55 bits per heavy atom. The molecule has 0 bridgehead atoms. The van der Waals surface area contributed by atoms with E-state index in [1.165, 1.54) is 5.56 Å². The van der Waals surface area contributed by atoms with Crippen LogP contribution in [0, 0.1) is 0 Å². The summed E-state index contributed by atoms with van der Waals surface area (Å²) in [4.78, 5) is 15.6. The topological polar surface area (TPSA) is 38.7 Å². The van der Waals surface area contributed by atoms with Crippen molar-refractivity contribution in [1.29, 1.82) is 0 Å². The van der Waals surface area contributed by atoms with Crippen molar-refractivity contribution in [2.75, 3.05) is 0 Å². The van der Waals surface area contributed by atoms with E-state index in [2.05, 4.69) is 62.4 Å². The summed E-state index contributed by atoms with van der Waals surface area (Å²) in [6.45, 7) is 4.43. The monoisotopic (exact) mass is 425 g/mol. The molecule has 0 fully saturated rings. The predicted molar refractivity (Wildman–Crippen MR) is 134 cm³/mol. The molecule has 1 aliphatic rings. The molecule has 2 heterocycles. The van der Waals surface area contributed by atoms with Crippen LogP contribution in [0.2, 0.25) is 0 Å². The second-order valence-corrected chi connectivity index (χ2v) is 8.93. The number of benzene rings is 3. The maximum absolute atomic E-state index is 5.27. The van der Waals surface area contributed by atoms with Gasteiger partial charge in [0.25, 0.3) is 0 Å². The summed E-state index contributed by atoms with van der Waals surface area (Å²) in [6.07, 6.45) is 0. The molecular formula is C30H23N3. The Morgan fingerprint density at radius 1 is 0.455 bits per heavy atom. The Morgan fingerprint density at radius 2 is 0.970 bits per heavy atom. The molecule has 0 radical (unpaired) electrons. The first-order chi connectivity index (χ1) is 16.1. The number of hydrogen-bond donors (Lipinski definition) is 0. The lowest BCUT2D eigenvalue weighted by Gasteiger charge is -2.21. The molecule has 0 unspecified atom stereocenters. The van der Waals surface area contributed by atoms with E-state index >= 15 is 0 Å². The fraction of sp³-hybridized carbons (Fsp3) is 0.100. The molecule has 0 amide bonds. The molecule has 0 aliphatic heterocycles. The van der Waals surface area contributed by atoms with Crippen LogP contribution in [0.1, 0.15) is 25.1 Å². The van der Waals surface area contributed by atoms with Crippen LogP contribution in [0.5, 0.6) is 0 Å². The van der Waals surface area contributed by atoms with Gasteiger partial charge in [0, 0.05) is 22.1 Å². The standard InChI is InChI=1S/C30H23N3/c1-30(2)23-18-19-24(20-12-6-3-7-13-20)31-27(23)28-29(30)33-26(22-16-10-5-11-17-22)25(32-28)21-14-8-4-9-15-21/h3-19H,1-2H3. The fourth-order valence-corrected chi connectivity index (χ4v) is 4.67. The highest BCUT2D eigenvalue weighted by molar-refractivity contribution is 5.84. The van der Waals surface area contributed by atoms with Crippen molar-refractivity contribution >= 4 is 0 Å². The summed E-state index contributed by atoms with van der Waals surface area (Å²) in [5.74, 6) is 0. The SMILES string of the molecule is CC1(C)c2ccc(-c3ccccc3)nc2-c2nc(-c3ccccc3)c(-c3ccccc3)nc21. The van der Waals surface area contributed by atoms with Gasteiger partial charge in [-0.05, 0) is 25.5 Å². The Labute approximate surface area is 193 Å². The molecular weight excluding hydrogens is 402 g/mol. The van der Waals surface area contributed by atoms with Crippen LogP contribution < -0.4 is 0 Å². The number of nitrogens with zero attached hydrogens (tertiary/aromatic N) is 3. The highest BCUT2D eigenvalue weighted by Gasteiger charge is 2.40. The summed E-state index contributed by atoms with van der Waals surface area (Å²) < 4.78 is 0. The highest BCUT2D eigenvalue weighted by Crippen LogP contribution is 2.48. The van der Waals surface area contributed by atoms with Gasteiger partial charge in [0.15, 0.2) is 0 Å². The van der Waals surface area contributed by atoms with E-state index < -0.39 is 0 Å². The molecule has 2 aromatic heterocycles. The van der Waals surface area contributed by atoms with E-state index in [1.807, 2.05) is 54.6 Å². The average Bonchev–Trinajstić information content (AvgIpc) is 3.10. The van der Waals surface area contributed by atoms with Gasteiger partial charge in [-0.15, -0.1) is 0 Å². The van der Waals surface area contributed by atoms with E-state index in [0.717, 1.165) is 50.9 Å². The third-order valence-electron chi connectivity index (χ3n) is 6.44. The van der Waals surface area contributed by atoms with E-state index in [9.17, 15) is 0 Å². The number of aromatic nitrogens is 3. The van der Waals surface area contributed by atoms with Crippen molar-refractivity contribution < 1.29 is 0 Å². The fourth-order valence-electron chi connectivity index (χ4n) is 4.67. The van der Waals surface area contributed by atoms with Crippen LogP contribution in [0.3, 0.4) is 0 Å². The molecule has 3 nitrogen and oxygen atoms in total. The summed E-state index contributed by atoms with van der Waals surface area (Å²) in [5.41, 5.74) is 9.65. The number of rotatable bonds is 3. The van der Waals surface area contributed by atoms with E-state index in [0.29, 0.717) is 0 Å². The molecule has 0 N–H and O–H groups in total. The first kappa shape index (κ1) is 19.6. The van der Waals surface area contributed by atoms with Crippen molar-refractivity contribution in [2.24, 2.45) is 0 Å². The van der Waals surface area contributed by atoms with Gasteiger partial charge in [-0.1, -0.05) is 97.1 Å². The Bertz CT molecular complexity index is 1460. The van der Waals surface area contributed by atoms with Crippen molar-refractivity contribution in [3.63, 3.8) is 0 Å². The zero-order valence-corrected chi connectivity index (χ0v) is 18.7. The minimum atomic E-state index is -0.279. The van der Waals surface area contributed by atoms with Crippen molar-refractivity contribution in [3.05, 3.63) is 114 Å². The first-order valence-corrected chi connectivity index (χ1v) is 11.2. The molecule has 0 atom stereocenters. The van der Waals surface area contributed by atoms with E-state index in [4.69, 9.17) is 15.0 Å². The normalized spacial score (nSPS) is 13.4. The molecule has 3 aromatic carbocycles. The maximum atomic E-state index is 5.27. The van der Waals surface area contributed by atoms with Gasteiger partial charge in [-0.2, -0.15) is 0 Å². The van der Waals surface area contributed by atoms with Crippen LogP contribution in [0.25, 0.3) is 45.2 Å². The van der Waals surface area contributed by atoms with Crippen LogP contribution >= 0.6 is 0 Å². The molecule has 0 saturated heterocycles. The average molecular weight is 426 g/mol. The molecule has 5 aromatic rings. The minimum absolute atomic E-state index is 0.279. The second kappa shape index (κ2) is 7.49. The Kier molecular flexibility index (Phi) is 4.44. The third-order valence-corrected chi connectivity index (χ3v) is 6.44. The van der Waals surface area contributed by atoms with Crippen LogP contribution in [0.15, 0.2) is 103 Å². The number of hydrogen-bond acceptors (Lipinski definition) is 3. The summed E-state index contributed by atoms with van der Waals surface area (Å²) in [7, 11) is 0. The molecule has 0 saturated carbocycles. The highest BCUT2D eigenvalue weighted by atomic mass is 14.9. The molecule has 33 heavy (non-hydrogen) atoms. The van der Waals surface area contributed by atoms with Gasteiger partial charge < -0.3 is 0 Å². The van der Waals surface area contributed by atoms with E-state index in [-0.39, 0.29) is 5.41 Å². The zero-order valence-electron chi connectivity index (χ0n) is 18.7. The molecule has 1 aliphatic carbocycles. The van der Waals surface area contributed by atoms with Crippen LogP contribution in [-0.2, 0) is 5.41 Å². The maximum Gasteiger partial charge on any atom is 0.112 e. The predicted octanol–water partition coefficient (Wildman–Crippen LogP) is 7.18. The number of pyridine rings is 1. The number of fused-ring (bicyclic) bond motifs is 3. The van der Waals surface area contributed by atoms with Gasteiger partial charge >= 0.3 is 0 Å². The van der Waals surface area contributed by atoms with Gasteiger partial charge in [0.1, 0.15) is 5.69 Å². The quantitative estimate of drug-likeness (QED) is 0.307. The van der Waals surface area contributed by atoms with Crippen LogP contribution in [0.4, 0.5) is 0 Å². The van der Waals surface area contributed by atoms with E-state index in [1.54, 1.807) is 0 Å².